The van der Waals surface area contributed by atoms with Crippen molar-refractivity contribution in [3.8, 4) is 0 Å². The van der Waals surface area contributed by atoms with Crippen LogP contribution in [0, 0.1) is 23.7 Å². The third kappa shape index (κ3) is 72.2. The van der Waals surface area contributed by atoms with E-state index in [1.54, 1.807) is 0 Å². The van der Waals surface area contributed by atoms with Gasteiger partial charge in [-0.3, -0.25) is 37.3 Å². The van der Waals surface area contributed by atoms with E-state index in [1.807, 2.05) is 0 Å². The van der Waals surface area contributed by atoms with Gasteiger partial charge in [0.05, 0.1) is 26.4 Å². The third-order valence-corrected chi connectivity index (χ3v) is 20.0. The van der Waals surface area contributed by atoms with Gasteiger partial charge in [-0.05, 0) is 49.4 Å². The minimum atomic E-state index is -4.96. The molecule has 0 spiro atoms. The first-order valence-corrected chi connectivity index (χ1v) is 43.2. The second-order valence-electron chi connectivity index (χ2n) is 30.0. The Morgan fingerprint density at radius 2 is 0.433 bits per heavy atom. The Labute approximate surface area is 594 Å². The topological polar surface area (TPSA) is 237 Å². The van der Waals surface area contributed by atoms with Gasteiger partial charge < -0.3 is 33.8 Å². The summed E-state index contributed by atoms with van der Waals surface area (Å²) in [6.07, 6.45) is 52.7. The first-order valence-electron chi connectivity index (χ1n) is 40.2. The van der Waals surface area contributed by atoms with Crippen LogP contribution in [0.4, 0.5) is 0 Å². The average Bonchev–Trinajstić information content (AvgIpc) is 1.19. The van der Waals surface area contributed by atoms with Crippen molar-refractivity contribution in [2.75, 3.05) is 39.6 Å². The Kier molecular flexibility index (Phi) is 65.9. The van der Waals surface area contributed by atoms with Gasteiger partial charge in [0, 0.05) is 25.7 Å². The molecule has 0 aliphatic rings. The Morgan fingerprint density at radius 3 is 0.639 bits per heavy atom. The zero-order valence-electron chi connectivity index (χ0n) is 63.7. The molecule has 0 aliphatic heterocycles. The normalized spacial score (nSPS) is 14.1. The largest absolute Gasteiger partial charge is 0.472 e. The van der Waals surface area contributed by atoms with Crippen molar-refractivity contribution in [2.45, 2.75) is 414 Å². The predicted octanol–water partition coefficient (Wildman–Crippen LogP) is 22.8. The summed E-state index contributed by atoms with van der Waals surface area (Å²) in [6.45, 7) is 14.2. The number of aliphatic hydroxyl groups is 1. The lowest BCUT2D eigenvalue weighted by atomic mass is 10.0. The molecule has 0 saturated heterocycles. The van der Waals surface area contributed by atoms with E-state index in [4.69, 9.17) is 37.0 Å². The van der Waals surface area contributed by atoms with Gasteiger partial charge in [0.25, 0.3) is 0 Å². The molecule has 3 unspecified atom stereocenters. The lowest BCUT2D eigenvalue weighted by Crippen LogP contribution is -2.30. The highest BCUT2D eigenvalue weighted by Gasteiger charge is 2.30. The summed E-state index contributed by atoms with van der Waals surface area (Å²) < 4.78 is 68.6. The van der Waals surface area contributed by atoms with E-state index in [0.29, 0.717) is 25.7 Å². The molecule has 0 aromatic rings. The van der Waals surface area contributed by atoms with Gasteiger partial charge in [0.15, 0.2) is 12.2 Å². The van der Waals surface area contributed by atoms with E-state index >= 15 is 0 Å². The molecular weight excluding hydrogens is 1270 g/mol. The number of aliphatic hydroxyl groups excluding tert-OH is 1. The summed E-state index contributed by atoms with van der Waals surface area (Å²) in [5, 5.41) is 10.6. The molecule has 0 amide bonds. The molecule has 576 valence electrons. The van der Waals surface area contributed by atoms with E-state index in [9.17, 15) is 43.2 Å². The number of carbonyl (C=O) groups excluding carboxylic acids is 4. The fraction of sp³-hybridized carbons (Fsp3) is 0.949. The molecule has 0 aliphatic carbocycles. The zero-order valence-corrected chi connectivity index (χ0v) is 65.5. The Balaban J connectivity index is 5.26. The van der Waals surface area contributed by atoms with Gasteiger partial charge in [0.2, 0.25) is 0 Å². The van der Waals surface area contributed by atoms with Crippen LogP contribution in [-0.4, -0.2) is 96.7 Å². The second-order valence-corrected chi connectivity index (χ2v) is 32.9. The van der Waals surface area contributed by atoms with E-state index in [0.717, 1.165) is 114 Å². The molecule has 97 heavy (non-hydrogen) atoms. The van der Waals surface area contributed by atoms with Crippen LogP contribution in [0.5, 0.6) is 0 Å². The van der Waals surface area contributed by atoms with Crippen molar-refractivity contribution >= 4 is 39.5 Å². The van der Waals surface area contributed by atoms with Gasteiger partial charge in [-0.15, -0.1) is 0 Å². The summed E-state index contributed by atoms with van der Waals surface area (Å²) in [5.41, 5.74) is 0. The molecule has 5 atom stereocenters. The maximum atomic E-state index is 13.1. The number of hydrogen-bond donors (Lipinski definition) is 3. The van der Waals surface area contributed by atoms with Gasteiger partial charge in [-0.1, -0.05) is 344 Å². The molecule has 0 radical (unpaired) electrons. The van der Waals surface area contributed by atoms with E-state index in [2.05, 4.69) is 55.4 Å². The van der Waals surface area contributed by atoms with Crippen LogP contribution >= 0.6 is 15.6 Å². The van der Waals surface area contributed by atoms with Crippen LogP contribution in [-0.2, 0) is 65.4 Å². The number of rotatable bonds is 75. The zero-order chi connectivity index (χ0) is 71.7. The highest BCUT2D eigenvalue weighted by atomic mass is 31.2. The van der Waals surface area contributed by atoms with Crippen molar-refractivity contribution in [2.24, 2.45) is 23.7 Å². The van der Waals surface area contributed by atoms with Crippen molar-refractivity contribution in [3.63, 3.8) is 0 Å². The summed E-state index contributed by atoms with van der Waals surface area (Å²) in [7, 11) is -9.92. The average molecular weight is 1420 g/mol. The molecule has 17 nitrogen and oxygen atoms in total. The lowest BCUT2D eigenvalue weighted by Gasteiger charge is -2.21. The Morgan fingerprint density at radius 1 is 0.258 bits per heavy atom. The highest BCUT2D eigenvalue weighted by molar-refractivity contribution is 7.47. The molecule has 0 saturated carbocycles. The summed E-state index contributed by atoms with van der Waals surface area (Å²) in [5.74, 6) is 0.947. The molecule has 0 heterocycles. The number of phosphoric ester groups is 2. The minimum Gasteiger partial charge on any atom is -0.462 e. The smallest absolute Gasteiger partial charge is 0.462 e. The third-order valence-electron chi connectivity index (χ3n) is 18.1. The van der Waals surface area contributed by atoms with Crippen LogP contribution in [0.1, 0.15) is 396 Å². The molecule has 0 aromatic heterocycles. The quantitative estimate of drug-likeness (QED) is 0.0222. The summed E-state index contributed by atoms with van der Waals surface area (Å²) in [6, 6.07) is 0. The van der Waals surface area contributed by atoms with Crippen molar-refractivity contribution < 1.29 is 80.2 Å². The highest BCUT2D eigenvalue weighted by Crippen LogP contribution is 2.45. The fourth-order valence-electron chi connectivity index (χ4n) is 11.9. The molecule has 0 fully saturated rings. The summed E-state index contributed by atoms with van der Waals surface area (Å²) in [4.78, 5) is 72.9. The van der Waals surface area contributed by atoms with Gasteiger partial charge in [-0.25, -0.2) is 9.13 Å². The molecular formula is C78H152O17P2. The number of esters is 4. The number of phosphoric acid groups is 2. The first-order chi connectivity index (χ1) is 46.6. The molecule has 0 bridgehead atoms. The molecule has 0 aromatic carbocycles. The number of carbonyl (C=O) groups is 4. The lowest BCUT2D eigenvalue weighted by molar-refractivity contribution is -0.161. The number of hydrogen-bond acceptors (Lipinski definition) is 15. The molecule has 19 heteroatoms. The van der Waals surface area contributed by atoms with Crippen LogP contribution < -0.4 is 0 Å². The van der Waals surface area contributed by atoms with Gasteiger partial charge in [-0.2, -0.15) is 0 Å². The van der Waals surface area contributed by atoms with Crippen molar-refractivity contribution in [1.82, 2.24) is 0 Å². The maximum absolute atomic E-state index is 13.1. The fourth-order valence-corrected chi connectivity index (χ4v) is 13.5. The molecule has 3 N–H and O–H groups in total. The SMILES string of the molecule is CC(C)CCCCCCCCCCCCCCCCC(=O)O[C@H](COC(=O)CCCCCCCCCCCCCCCC(C)C)COP(=O)(O)OCC(O)COP(=O)(O)OC[C@@H](COC(=O)CCCCCCCCCCC(C)C)OC(=O)CCCCCCCCCCCCC(C)C. The predicted molar refractivity (Wildman–Crippen MR) is 395 cm³/mol. The standard InChI is InChI=1S/C78H152O17P2/c1-68(2)54-46-38-30-22-16-12-9-10-14-19-26-36-44-52-60-77(82)94-73(64-88-75(80)58-50-42-34-25-18-15-11-13-17-23-31-39-47-55-69(3)4)66-92-96(84,85)90-62-72(79)63-91-97(86,87)93-67-74(65-89-76(81)59-51-43-35-29-28-33-41-49-57-71(7)8)95-78(83)61-53-45-37-27-21-20-24-32-40-48-56-70(5)6/h68-74,79H,9-67H2,1-8H3,(H,84,85)(H,86,87)/t72?,73-,74-/m1/s1. The van der Waals surface area contributed by atoms with Gasteiger partial charge in [0.1, 0.15) is 19.3 Å². The van der Waals surface area contributed by atoms with Crippen LogP contribution in [0.25, 0.3) is 0 Å². The van der Waals surface area contributed by atoms with E-state index < -0.39 is 97.5 Å². The Bertz CT molecular complexity index is 1900. The van der Waals surface area contributed by atoms with E-state index in [-0.39, 0.29) is 25.7 Å². The van der Waals surface area contributed by atoms with Crippen molar-refractivity contribution in [3.05, 3.63) is 0 Å². The number of ether oxygens (including phenoxy) is 4. The molecule has 0 rings (SSSR count). The van der Waals surface area contributed by atoms with Crippen LogP contribution in [0.3, 0.4) is 0 Å². The summed E-state index contributed by atoms with van der Waals surface area (Å²) >= 11 is 0. The second kappa shape index (κ2) is 67.2. The van der Waals surface area contributed by atoms with Crippen molar-refractivity contribution in [1.29, 1.82) is 0 Å². The van der Waals surface area contributed by atoms with Gasteiger partial charge >= 0.3 is 39.5 Å². The maximum Gasteiger partial charge on any atom is 0.472 e. The van der Waals surface area contributed by atoms with E-state index in [1.165, 1.54) is 199 Å². The minimum absolute atomic E-state index is 0.105. The van der Waals surface area contributed by atoms with Crippen LogP contribution in [0.15, 0.2) is 0 Å². The number of unbranched alkanes of at least 4 members (excludes halogenated alkanes) is 41. The monoisotopic (exact) mass is 1420 g/mol. The van der Waals surface area contributed by atoms with Crippen LogP contribution in [0.2, 0.25) is 0 Å². The first kappa shape index (κ1) is 95.1. The Hall–Kier alpha value is -1.94.